The van der Waals surface area contributed by atoms with Crippen LogP contribution in [0.2, 0.25) is 0 Å². The Morgan fingerprint density at radius 2 is 0.743 bits per heavy atom. The van der Waals surface area contributed by atoms with Crippen LogP contribution in [0, 0.1) is 6.92 Å². The number of hydrogen-bond donors (Lipinski definition) is 0. The van der Waals surface area contributed by atoms with Gasteiger partial charge in [-0.25, -0.2) is 0 Å². The summed E-state index contributed by atoms with van der Waals surface area (Å²) in [5.74, 6) is 0.510. The minimum atomic E-state index is 0.0739. The van der Waals surface area contributed by atoms with E-state index in [1.165, 1.54) is 178 Å². The van der Waals surface area contributed by atoms with Crippen molar-refractivity contribution in [2.24, 2.45) is 0 Å². The molecule has 0 aliphatic heterocycles. The summed E-state index contributed by atoms with van der Waals surface area (Å²) in [6, 6.07) is 33.7. The summed E-state index contributed by atoms with van der Waals surface area (Å²) in [6.45, 7) is 42.2. The molecule has 1 fully saturated rings. The van der Waals surface area contributed by atoms with Gasteiger partial charge in [-0.15, -0.1) is 11.3 Å². The number of nitrogens with zero attached hydrogens (tertiary/aromatic N) is 2. The molecule has 5 aliphatic carbocycles. The zero-order valence-electron chi connectivity index (χ0n) is 49.2. The molecule has 0 N–H and O–H groups in total. The Hall–Kier alpha value is -4.34. The summed E-state index contributed by atoms with van der Waals surface area (Å²) < 4.78 is 1.40. The van der Waals surface area contributed by atoms with E-state index in [-0.39, 0.29) is 43.3 Å². The standard InChI is InChI=1S/C71H92N2S/c1-45-35-55-59(70(14,15)33-31-66(55,6)7)42-61(45)72(48-23-25-53-56(39-48)67(8,9)29-27-64(53,2)3)50-36-47(46-21-19-18-20-22-46)37-51(38-50)73(49-24-26-54-57(40-49)68(10,11)30-28-65(54,4)5)62-44-74-63-43-60-58(41-52(62)63)69(12,13)32-34-71(60,16)17/h23-26,35-44,46H,18-22,27-34H2,1-17H3. The van der Waals surface area contributed by atoms with E-state index in [4.69, 9.17) is 0 Å². The number of fused-ring (bicyclic) bond motifs is 5. The van der Waals surface area contributed by atoms with E-state index in [9.17, 15) is 0 Å². The van der Waals surface area contributed by atoms with E-state index in [0.29, 0.717) is 5.92 Å². The highest BCUT2D eigenvalue weighted by Crippen LogP contribution is 2.56. The largest absolute Gasteiger partial charge is 0.310 e. The van der Waals surface area contributed by atoms with Crippen molar-refractivity contribution < 1.29 is 0 Å². The molecule has 0 bridgehead atoms. The highest BCUT2D eigenvalue weighted by Gasteiger charge is 2.43. The first-order valence-electron chi connectivity index (χ1n) is 29.3. The van der Waals surface area contributed by atoms with Crippen LogP contribution in [0.15, 0.2) is 84.2 Å². The van der Waals surface area contributed by atoms with Gasteiger partial charge in [0.2, 0.25) is 0 Å². The maximum absolute atomic E-state index is 2.73. The van der Waals surface area contributed by atoms with Crippen molar-refractivity contribution in [3.63, 3.8) is 0 Å². The lowest BCUT2D eigenvalue weighted by Gasteiger charge is -2.44. The van der Waals surface area contributed by atoms with Gasteiger partial charge in [-0.3, -0.25) is 0 Å². The molecule has 0 saturated heterocycles. The average molecular weight is 1010 g/mol. The third-order valence-electron chi connectivity index (χ3n) is 20.9. The SMILES string of the molecule is Cc1cc2c(cc1N(c1cc(C3CCCCC3)cc(N(c3ccc4c(c3)C(C)(C)CCC4(C)C)c3csc4cc5c(cc34)C(C)(C)CCC5(C)C)c1)c1ccc3c(c1)C(C)(C)CCC3(C)C)C(C)(C)CCC2(C)C. The van der Waals surface area contributed by atoms with Crippen LogP contribution in [0.5, 0.6) is 0 Å². The molecule has 0 radical (unpaired) electrons. The number of thiophene rings is 1. The highest BCUT2D eigenvalue weighted by atomic mass is 32.1. The van der Waals surface area contributed by atoms with E-state index in [1.54, 1.807) is 5.56 Å². The number of anilines is 6. The predicted molar refractivity (Wildman–Crippen MR) is 323 cm³/mol. The van der Waals surface area contributed by atoms with Gasteiger partial charge < -0.3 is 9.80 Å². The summed E-state index contributed by atoms with van der Waals surface area (Å²) >= 11 is 1.95. The summed E-state index contributed by atoms with van der Waals surface area (Å²) in [5.41, 5.74) is 23.6. The number of rotatable bonds is 7. The van der Waals surface area contributed by atoms with Crippen molar-refractivity contribution in [1.29, 1.82) is 0 Å². The monoisotopic (exact) mass is 1000 g/mol. The summed E-state index contributed by atoms with van der Waals surface area (Å²) in [5, 5.41) is 3.90. The number of benzene rings is 5. The van der Waals surface area contributed by atoms with Crippen LogP contribution in [-0.4, -0.2) is 0 Å². The number of hydrogen-bond acceptors (Lipinski definition) is 3. The summed E-state index contributed by atoms with van der Waals surface area (Å²) in [7, 11) is 0. The molecule has 392 valence electrons. The molecule has 1 aromatic heterocycles. The highest BCUT2D eigenvalue weighted by molar-refractivity contribution is 7.17. The van der Waals surface area contributed by atoms with Crippen molar-refractivity contribution in [2.45, 2.75) is 250 Å². The van der Waals surface area contributed by atoms with Crippen LogP contribution in [0.25, 0.3) is 10.1 Å². The zero-order chi connectivity index (χ0) is 52.9. The van der Waals surface area contributed by atoms with Gasteiger partial charge in [0.1, 0.15) is 0 Å². The van der Waals surface area contributed by atoms with E-state index in [1.807, 2.05) is 11.3 Å². The molecule has 0 unspecified atom stereocenters. The van der Waals surface area contributed by atoms with Crippen LogP contribution < -0.4 is 9.80 Å². The third kappa shape index (κ3) is 8.63. The maximum Gasteiger partial charge on any atom is 0.0647 e. The minimum absolute atomic E-state index is 0.0739. The molecular weight excluding hydrogens is 913 g/mol. The lowest BCUT2D eigenvalue weighted by atomic mass is 9.62. The Balaban J connectivity index is 1.22. The summed E-state index contributed by atoms with van der Waals surface area (Å²) in [6.07, 6.45) is 16.0. The Labute approximate surface area is 453 Å². The molecule has 3 heteroatoms. The Morgan fingerprint density at radius 1 is 0.365 bits per heavy atom. The first-order valence-corrected chi connectivity index (χ1v) is 30.2. The predicted octanol–water partition coefficient (Wildman–Crippen LogP) is 21.6. The molecule has 0 spiro atoms. The lowest BCUT2D eigenvalue weighted by Crippen LogP contribution is -2.34. The second-order valence-electron chi connectivity index (χ2n) is 30.0. The molecule has 11 rings (SSSR count). The summed E-state index contributed by atoms with van der Waals surface area (Å²) in [4.78, 5) is 5.45. The van der Waals surface area contributed by atoms with Crippen molar-refractivity contribution in [3.05, 3.63) is 140 Å². The Kier molecular flexibility index (Phi) is 12.1. The quantitative estimate of drug-likeness (QED) is 0.157. The van der Waals surface area contributed by atoms with Gasteiger partial charge in [-0.2, -0.15) is 0 Å². The van der Waals surface area contributed by atoms with E-state index < -0.39 is 0 Å². The first-order chi connectivity index (χ1) is 34.5. The zero-order valence-corrected chi connectivity index (χ0v) is 50.0. The van der Waals surface area contributed by atoms with E-state index in [2.05, 4.69) is 212 Å². The van der Waals surface area contributed by atoms with Crippen molar-refractivity contribution >= 4 is 55.5 Å². The molecule has 5 aromatic carbocycles. The smallest absolute Gasteiger partial charge is 0.0647 e. The van der Waals surface area contributed by atoms with Gasteiger partial charge in [-0.1, -0.05) is 148 Å². The molecule has 5 aliphatic rings. The van der Waals surface area contributed by atoms with Crippen LogP contribution >= 0.6 is 11.3 Å². The molecule has 6 aromatic rings. The fourth-order valence-electron chi connectivity index (χ4n) is 15.0. The Bertz CT molecular complexity index is 3190. The lowest BCUT2D eigenvalue weighted by molar-refractivity contribution is 0.331. The molecule has 1 saturated carbocycles. The Morgan fingerprint density at radius 3 is 1.20 bits per heavy atom. The van der Waals surface area contributed by atoms with E-state index in [0.717, 1.165) is 0 Å². The van der Waals surface area contributed by atoms with Gasteiger partial charge in [-0.05, 0) is 237 Å². The van der Waals surface area contributed by atoms with Crippen molar-refractivity contribution in [3.8, 4) is 0 Å². The molecule has 0 atom stereocenters. The number of aryl methyl sites for hydroxylation is 1. The minimum Gasteiger partial charge on any atom is -0.310 e. The van der Waals surface area contributed by atoms with Gasteiger partial charge in [0.05, 0.1) is 5.69 Å². The molecule has 2 nitrogen and oxygen atoms in total. The third-order valence-corrected chi connectivity index (χ3v) is 21.8. The fraction of sp³-hybridized carbons (Fsp3) is 0.549. The average Bonchev–Trinajstić information content (AvgIpc) is 3.75. The van der Waals surface area contributed by atoms with Crippen LogP contribution in [0.4, 0.5) is 34.1 Å². The van der Waals surface area contributed by atoms with Gasteiger partial charge >= 0.3 is 0 Å². The van der Waals surface area contributed by atoms with Crippen LogP contribution in [0.1, 0.15) is 256 Å². The van der Waals surface area contributed by atoms with Crippen molar-refractivity contribution in [1.82, 2.24) is 0 Å². The molecule has 0 amide bonds. The topological polar surface area (TPSA) is 6.48 Å². The van der Waals surface area contributed by atoms with Gasteiger partial charge in [0.15, 0.2) is 0 Å². The van der Waals surface area contributed by atoms with Crippen LogP contribution in [-0.2, 0) is 43.3 Å². The molecule has 1 heterocycles. The van der Waals surface area contributed by atoms with Crippen LogP contribution in [0.3, 0.4) is 0 Å². The van der Waals surface area contributed by atoms with Crippen molar-refractivity contribution in [2.75, 3.05) is 9.80 Å². The van der Waals surface area contributed by atoms with E-state index >= 15 is 0 Å². The first kappa shape index (κ1) is 51.8. The molecular formula is C71H92N2S. The second-order valence-corrected chi connectivity index (χ2v) is 30.9. The van der Waals surface area contributed by atoms with Gasteiger partial charge in [0, 0.05) is 43.9 Å². The van der Waals surface area contributed by atoms with Gasteiger partial charge in [0.25, 0.3) is 0 Å². The molecule has 74 heavy (non-hydrogen) atoms. The maximum atomic E-state index is 2.73. The normalized spacial score (nSPS) is 22.5. The fourth-order valence-corrected chi connectivity index (χ4v) is 16.0. The second kappa shape index (κ2) is 17.3.